The molecule has 1 fully saturated rings. The molecule has 1 aromatic heterocycles. The molecule has 3 rings (SSSR count). The Morgan fingerprint density at radius 2 is 2.00 bits per heavy atom. The highest BCUT2D eigenvalue weighted by atomic mass is 79.9. The summed E-state index contributed by atoms with van der Waals surface area (Å²) in [6.45, 7) is 0. The van der Waals surface area contributed by atoms with E-state index in [2.05, 4.69) is 21.1 Å². The number of halogens is 1. The summed E-state index contributed by atoms with van der Waals surface area (Å²) >= 11 is 3.58. The maximum absolute atomic E-state index is 5.98. The van der Waals surface area contributed by atoms with Gasteiger partial charge in [-0.3, -0.25) is 0 Å². The van der Waals surface area contributed by atoms with Crippen molar-refractivity contribution in [3.8, 4) is 11.1 Å². The number of hydrogen-bond acceptors (Lipinski definition) is 3. The summed E-state index contributed by atoms with van der Waals surface area (Å²) in [7, 11) is 0. The Kier molecular flexibility index (Phi) is 4.10. The first-order valence-electron chi connectivity index (χ1n) is 7.24. The van der Waals surface area contributed by atoms with E-state index in [-0.39, 0.29) is 0 Å². The number of aromatic nitrogens is 1. The summed E-state index contributed by atoms with van der Waals surface area (Å²) in [5.74, 6) is 1.26. The smallest absolute Gasteiger partial charge is 0.230 e. The van der Waals surface area contributed by atoms with E-state index in [0.717, 1.165) is 33.6 Å². The van der Waals surface area contributed by atoms with Crippen LogP contribution >= 0.6 is 15.9 Å². The topological polar surface area (TPSA) is 52.0 Å². The van der Waals surface area contributed by atoms with Crippen LogP contribution in [0.4, 0.5) is 5.88 Å². The van der Waals surface area contributed by atoms with Gasteiger partial charge in [-0.2, -0.15) is 0 Å². The van der Waals surface area contributed by atoms with E-state index in [1.54, 1.807) is 0 Å². The lowest BCUT2D eigenvalue weighted by atomic mass is 9.97. The molecule has 1 aromatic carbocycles. The zero-order chi connectivity index (χ0) is 13.9. The van der Waals surface area contributed by atoms with Gasteiger partial charge in [-0.15, -0.1) is 0 Å². The van der Waals surface area contributed by atoms with Gasteiger partial charge in [-0.05, 0) is 24.8 Å². The first kappa shape index (κ1) is 13.7. The van der Waals surface area contributed by atoms with Gasteiger partial charge in [0, 0.05) is 10.0 Å². The van der Waals surface area contributed by atoms with Crippen molar-refractivity contribution in [3.63, 3.8) is 0 Å². The summed E-state index contributed by atoms with van der Waals surface area (Å²) in [6.07, 6.45) is 7.60. The van der Waals surface area contributed by atoms with Gasteiger partial charge in [0.05, 0.1) is 11.3 Å². The fraction of sp³-hybridized carbons (Fsp3) is 0.438. The maximum atomic E-state index is 5.98. The molecule has 0 aliphatic heterocycles. The summed E-state index contributed by atoms with van der Waals surface area (Å²) in [5.41, 5.74) is 8.98. The zero-order valence-electron chi connectivity index (χ0n) is 11.4. The largest absolute Gasteiger partial charge is 0.367 e. The van der Waals surface area contributed by atoms with Crippen molar-refractivity contribution < 1.29 is 4.52 Å². The van der Waals surface area contributed by atoms with Crippen LogP contribution in [0.1, 0.15) is 37.8 Å². The second-order valence-electron chi connectivity index (χ2n) is 5.54. The molecule has 2 aromatic rings. The summed E-state index contributed by atoms with van der Waals surface area (Å²) in [5, 5.41) is 4.17. The highest BCUT2D eigenvalue weighted by molar-refractivity contribution is 9.10. The second-order valence-corrected chi connectivity index (χ2v) is 6.39. The summed E-state index contributed by atoms with van der Waals surface area (Å²) < 4.78 is 6.25. The molecule has 1 aliphatic rings. The molecule has 0 atom stereocenters. The molecule has 20 heavy (non-hydrogen) atoms. The molecule has 0 spiro atoms. The lowest BCUT2D eigenvalue weighted by molar-refractivity contribution is 0.419. The van der Waals surface area contributed by atoms with Gasteiger partial charge >= 0.3 is 0 Å². The van der Waals surface area contributed by atoms with Crippen molar-refractivity contribution in [3.05, 3.63) is 34.4 Å². The molecule has 4 heteroatoms. The molecule has 0 radical (unpaired) electrons. The van der Waals surface area contributed by atoms with Crippen molar-refractivity contribution in [2.45, 2.75) is 38.5 Å². The average Bonchev–Trinajstić information content (AvgIpc) is 3.07. The standard InChI is InChI=1S/C16H19BrN2O/c17-13-8-4-3-7-12(13)15-14(19-20-16(15)18)10-9-11-5-1-2-6-11/h3-4,7-8,11H,1-2,5-6,9-10,18H2. The molecule has 2 N–H and O–H groups in total. The van der Waals surface area contributed by atoms with Crippen LogP contribution < -0.4 is 5.73 Å². The van der Waals surface area contributed by atoms with Crippen LogP contribution in [0.25, 0.3) is 11.1 Å². The minimum atomic E-state index is 0.415. The molecule has 1 saturated carbocycles. The minimum Gasteiger partial charge on any atom is -0.367 e. The Balaban J connectivity index is 1.84. The predicted molar refractivity (Wildman–Crippen MR) is 84.3 cm³/mol. The van der Waals surface area contributed by atoms with Gasteiger partial charge in [0.15, 0.2) is 0 Å². The van der Waals surface area contributed by atoms with Crippen molar-refractivity contribution in [2.75, 3.05) is 5.73 Å². The Morgan fingerprint density at radius 3 is 2.75 bits per heavy atom. The molecule has 0 unspecified atom stereocenters. The number of rotatable bonds is 4. The van der Waals surface area contributed by atoms with Crippen LogP contribution in [0.3, 0.4) is 0 Å². The first-order chi connectivity index (χ1) is 9.75. The quantitative estimate of drug-likeness (QED) is 0.872. The Morgan fingerprint density at radius 1 is 1.25 bits per heavy atom. The average molecular weight is 335 g/mol. The predicted octanol–water partition coefficient (Wildman–Crippen LogP) is 4.81. The Bertz CT molecular complexity index is 588. The highest BCUT2D eigenvalue weighted by Gasteiger charge is 2.20. The van der Waals surface area contributed by atoms with Crippen LogP contribution in [0.15, 0.2) is 33.3 Å². The number of benzene rings is 1. The van der Waals surface area contributed by atoms with Crippen LogP contribution in [0, 0.1) is 5.92 Å². The van der Waals surface area contributed by atoms with Gasteiger partial charge in [0.1, 0.15) is 0 Å². The SMILES string of the molecule is Nc1onc(CCC2CCCC2)c1-c1ccccc1Br. The third kappa shape index (κ3) is 2.75. The number of nitrogens with two attached hydrogens (primary N) is 1. The third-order valence-corrected chi connectivity index (χ3v) is 4.89. The molecule has 1 aliphatic carbocycles. The van der Waals surface area contributed by atoms with E-state index in [1.165, 1.54) is 32.1 Å². The van der Waals surface area contributed by atoms with E-state index in [1.807, 2.05) is 24.3 Å². The molecule has 0 saturated heterocycles. The molecule has 0 amide bonds. The molecular weight excluding hydrogens is 316 g/mol. The van der Waals surface area contributed by atoms with Gasteiger partial charge in [0.25, 0.3) is 0 Å². The Labute approximate surface area is 127 Å². The molecule has 0 bridgehead atoms. The molecule has 1 heterocycles. The van der Waals surface area contributed by atoms with Gasteiger partial charge in [-0.25, -0.2) is 0 Å². The van der Waals surface area contributed by atoms with Crippen LogP contribution in [0.2, 0.25) is 0 Å². The number of aryl methyl sites for hydroxylation is 1. The summed E-state index contributed by atoms with van der Waals surface area (Å²) in [4.78, 5) is 0. The minimum absolute atomic E-state index is 0.415. The van der Waals surface area contributed by atoms with Gasteiger partial charge in [0.2, 0.25) is 5.88 Å². The van der Waals surface area contributed by atoms with Crippen molar-refractivity contribution in [1.29, 1.82) is 0 Å². The van der Waals surface area contributed by atoms with E-state index < -0.39 is 0 Å². The summed E-state index contributed by atoms with van der Waals surface area (Å²) in [6, 6.07) is 8.07. The first-order valence-corrected chi connectivity index (χ1v) is 8.04. The normalized spacial score (nSPS) is 15.8. The maximum Gasteiger partial charge on any atom is 0.230 e. The van der Waals surface area contributed by atoms with Crippen LogP contribution in [-0.2, 0) is 6.42 Å². The number of nitrogens with zero attached hydrogens (tertiary/aromatic N) is 1. The molecule has 106 valence electrons. The van der Waals surface area contributed by atoms with Crippen LogP contribution in [0.5, 0.6) is 0 Å². The van der Waals surface area contributed by atoms with Crippen molar-refractivity contribution in [1.82, 2.24) is 5.16 Å². The molecule has 3 nitrogen and oxygen atoms in total. The van der Waals surface area contributed by atoms with E-state index >= 15 is 0 Å². The van der Waals surface area contributed by atoms with Crippen molar-refractivity contribution >= 4 is 21.8 Å². The van der Waals surface area contributed by atoms with E-state index in [9.17, 15) is 0 Å². The number of nitrogen functional groups attached to an aromatic ring is 1. The lowest BCUT2D eigenvalue weighted by Crippen LogP contribution is -1.98. The van der Waals surface area contributed by atoms with E-state index in [4.69, 9.17) is 10.3 Å². The fourth-order valence-electron chi connectivity index (χ4n) is 3.10. The van der Waals surface area contributed by atoms with Gasteiger partial charge < -0.3 is 10.3 Å². The highest BCUT2D eigenvalue weighted by Crippen LogP contribution is 2.36. The lowest BCUT2D eigenvalue weighted by Gasteiger charge is -2.08. The van der Waals surface area contributed by atoms with E-state index in [0.29, 0.717) is 5.88 Å². The monoisotopic (exact) mass is 334 g/mol. The van der Waals surface area contributed by atoms with Crippen molar-refractivity contribution in [2.24, 2.45) is 5.92 Å². The fourth-order valence-corrected chi connectivity index (χ4v) is 3.58. The Hall–Kier alpha value is -1.29. The number of hydrogen-bond donors (Lipinski definition) is 1. The zero-order valence-corrected chi connectivity index (χ0v) is 13.0. The van der Waals surface area contributed by atoms with Crippen LogP contribution in [-0.4, -0.2) is 5.16 Å². The number of anilines is 1. The third-order valence-electron chi connectivity index (χ3n) is 4.20. The van der Waals surface area contributed by atoms with Gasteiger partial charge in [-0.1, -0.05) is 65.0 Å². The second kappa shape index (κ2) is 6.00. The molecular formula is C16H19BrN2O.